The molecular weight excluding hydrogens is 234 g/mol. The van der Waals surface area contributed by atoms with Crippen molar-refractivity contribution in [1.82, 2.24) is 9.55 Å². The molecule has 0 atom stereocenters. The summed E-state index contributed by atoms with van der Waals surface area (Å²) in [5, 5.41) is 0. The number of hydrogen-bond donors (Lipinski definition) is 1. The van der Waals surface area contributed by atoms with Gasteiger partial charge in [0.25, 0.3) is 0 Å². The Bertz CT molecular complexity index is 576. The highest BCUT2D eigenvalue weighted by molar-refractivity contribution is 7.81. The maximum Gasteiger partial charge on any atom is 0.236 e. The zero-order chi connectivity index (χ0) is 12.6. The van der Waals surface area contributed by atoms with E-state index in [4.69, 9.17) is 0 Å². The molecular formula is C12H15N3OS. The average Bonchev–Trinajstić information content (AvgIpc) is 2.62. The fourth-order valence-corrected chi connectivity index (χ4v) is 1.98. The summed E-state index contributed by atoms with van der Waals surface area (Å²) >= 11 is 3.99. The Kier molecular flexibility index (Phi) is 3.11. The maximum atomic E-state index is 11.5. The number of aromatic nitrogens is 2. The van der Waals surface area contributed by atoms with E-state index in [2.05, 4.69) is 17.6 Å². The number of rotatable bonds is 2. The van der Waals surface area contributed by atoms with Crippen molar-refractivity contribution in [3.05, 3.63) is 24.0 Å². The summed E-state index contributed by atoms with van der Waals surface area (Å²) in [4.78, 5) is 17.6. The largest absolute Gasteiger partial charge is 0.331 e. The first-order valence-electron chi connectivity index (χ1n) is 5.35. The number of thiol groups is 1. The Morgan fingerprint density at radius 2 is 2.24 bits per heavy atom. The molecule has 0 fully saturated rings. The highest BCUT2D eigenvalue weighted by atomic mass is 32.1. The molecule has 4 nitrogen and oxygen atoms in total. The Labute approximate surface area is 106 Å². The predicted molar refractivity (Wildman–Crippen MR) is 72.7 cm³/mol. The molecule has 2 aromatic rings. The number of aryl methyl sites for hydroxylation is 2. The third kappa shape index (κ3) is 2.02. The fraction of sp³-hybridized carbons (Fsp3) is 0.333. The summed E-state index contributed by atoms with van der Waals surface area (Å²) in [6.45, 7) is 1.96. The molecule has 1 amide bonds. The van der Waals surface area contributed by atoms with Crippen LogP contribution in [0.3, 0.4) is 0 Å². The second kappa shape index (κ2) is 4.41. The number of carbonyl (C=O) groups excluding carboxylic acids is 1. The summed E-state index contributed by atoms with van der Waals surface area (Å²) < 4.78 is 2.03. The third-order valence-corrected chi connectivity index (χ3v) is 3.26. The van der Waals surface area contributed by atoms with Gasteiger partial charge in [0.15, 0.2) is 0 Å². The molecule has 0 bridgehead atoms. The lowest BCUT2D eigenvalue weighted by Crippen LogP contribution is -2.27. The molecule has 90 valence electrons. The standard InChI is InChI=1S/C12H15N3OS/c1-8-13-10-6-9(15(3)12(16)7-17)4-5-11(10)14(8)2/h4-6,17H,7H2,1-3H3. The number of carbonyl (C=O) groups is 1. The lowest BCUT2D eigenvalue weighted by molar-refractivity contribution is -0.115. The Morgan fingerprint density at radius 1 is 1.53 bits per heavy atom. The van der Waals surface area contributed by atoms with Crippen molar-refractivity contribution in [3.8, 4) is 0 Å². The second-order valence-corrected chi connectivity index (χ2v) is 4.32. The van der Waals surface area contributed by atoms with E-state index in [0.717, 1.165) is 22.5 Å². The van der Waals surface area contributed by atoms with Crippen molar-refractivity contribution in [2.75, 3.05) is 17.7 Å². The number of anilines is 1. The molecule has 0 aliphatic carbocycles. The van der Waals surface area contributed by atoms with E-state index in [1.165, 1.54) is 0 Å². The average molecular weight is 249 g/mol. The highest BCUT2D eigenvalue weighted by Gasteiger charge is 2.11. The van der Waals surface area contributed by atoms with Crippen LogP contribution in [0.25, 0.3) is 11.0 Å². The van der Waals surface area contributed by atoms with Crippen LogP contribution in [0.15, 0.2) is 18.2 Å². The molecule has 0 saturated heterocycles. The minimum Gasteiger partial charge on any atom is -0.331 e. The summed E-state index contributed by atoms with van der Waals surface area (Å²) in [5.41, 5.74) is 2.81. The van der Waals surface area contributed by atoms with Gasteiger partial charge in [-0.2, -0.15) is 12.6 Å². The summed E-state index contributed by atoms with van der Waals surface area (Å²) in [6, 6.07) is 5.82. The number of amides is 1. The van der Waals surface area contributed by atoms with Crippen LogP contribution >= 0.6 is 12.6 Å². The molecule has 1 aromatic heterocycles. The van der Waals surface area contributed by atoms with Gasteiger partial charge >= 0.3 is 0 Å². The minimum atomic E-state index is -0.0275. The molecule has 0 aliphatic rings. The van der Waals surface area contributed by atoms with Crippen LogP contribution in [0.2, 0.25) is 0 Å². The lowest BCUT2D eigenvalue weighted by atomic mass is 10.2. The van der Waals surface area contributed by atoms with Crippen molar-refractivity contribution in [1.29, 1.82) is 0 Å². The maximum absolute atomic E-state index is 11.5. The van der Waals surface area contributed by atoms with Crippen molar-refractivity contribution >= 4 is 35.3 Å². The highest BCUT2D eigenvalue weighted by Crippen LogP contribution is 2.21. The van der Waals surface area contributed by atoms with Gasteiger partial charge in [-0.05, 0) is 25.1 Å². The van der Waals surface area contributed by atoms with Crippen molar-refractivity contribution < 1.29 is 4.79 Å². The normalized spacial score (nSPS) is 10.8. The Morgan fingerprint density at radius 3 is 2.88 bits per heavy atom. The van der Waals surface area contributed by atoms with E-state index in [1.54, 1.807) is 11.9 Å². The summed E-state index contributed by atoms with van der Waals surface area (Å²) in [5.74, 6) is 1.14. The Hall–Kier alpha value is -1.49. The number of nitrogens with zero attached hydrogens (tertiary/aromatic N) is 3. The van der Waals surface area contributed by atoms with E-state index >= 15 is 0 Å². The third-order valence-electron chi connectivity index (χ3n) is 2.98. The zero-order valence-electron chi connectivity index (χ0n) is 10.1. The fourth-order valence-electron chi connectivity index (χ4n) is 1.77. The van der Waals surface area contributed by atoms with Crippen LogP contribution in [0.1, 0.15) is 5.82 Å². The van der Waals surface area contributed by atoms with E-state index < -0.39 is 0 Å². The van der Waals surface area contributed by atoms with Gasteiger partial charge in [0.05, 0.1) is 16.8 Å². The van der Waals surface area contributed by atoms with Crippen LogP contribution < -0.4 is 4.90 Å². The number of hydrogen-bond acceptors (Lipinski definition) is 3. The molecule has 0 aliphatic heterocycles. The van der Waals surface area contributed by atoms with E-state index in [0.29, 0.717) is 0 Å². The van der Waals surface area contributed by atoms with Gasteiger partial charge in [0.1, 0.15) is 5.82 Å². The number of imidazole rings is 1. The summed E-state index contributed by atoms with van der Waals surface area (Å²) in [6.07, 6.45) is 0. The van der Waals surface area contributed by atoms with Crippen LogP contribution in [-0.2, 0) is 11.8 Å². The number of benzene rings is 1. The van der Waals surface area contributed by atoms with Crippen molar-refractivity contribution in [2.24, 2.45) is 7.05 Å². The molecule has 0 unspecified atom stereocenters. The van der Waals surface area contributed by atoms with Gasteiger partial charge in [-0.1, -0.05) is 0 Å². The molecule has 0 saturated carbocycles. The van der Waals surface area contributed by atoms with Gasteiger partial charge < -0.3 is 9.47 Å². The van der Waals surface area contributed by atoms with Gasteiger partial charge in [0, 0.05) is 19.8 Å². The smallest absolute Gasteiger partial charge is 0.236 e. The monoisotopic (exact) mass is 249 g/mol. The van der Waals surface area contributed by atoms with Crippen molar-refractivity contribution in [3.63, 3.8) is 0 Å². The van der Waals surface area contributed by atoms with Crippen LogP contribution in [-0.4, -0.2) is 28.3 Å². The molecule has 2 rings (SSSR count). The molecule has 0 radical (unpaired) electrons. The SMILES string of the molecule is Cc1nc2cc(N(C)C(=O)CS)ccc2n1C. The van der Waals surface area contributed by atoms with Crippen molar-refractivity contribution in [2.45, 2.75) is 6.92 Å². The minimum absolute atomic E-state index is 0.0275. The molecule has 17 heavy (non-hydrogen) atoms. The molecule has 5 heteroatoms. The van der Waals surface area contributed by atoms with Gasteiger partial charge in [-0.15, -0.1) is 0 Å². The summed E-state index contributed by atoms with van der Waals surface area (Å²) in [7, 11) is 3.72. The quantitative estimate of drug-likeness (QED) is 0.824. The lowest BCUT2D eigenvalue weighted by Gasteiger charge is -2.15. The zero-order valence-corrected chi connectivity index (χ0v) is 11.0. The van der Waals surface area contributed by atoms with E-state index in [-0.39, 0.29) is 11.7 Å². The molecule has 1 heterocycles. The Balaban J connectivity index is 2.48. The van der Waals surface area contributed by atoms with Crippen LogP contribution in [0, 0.1) is 6.92 Å². The molecule has 1 aromatic carbocycles. The van der Waals surface area contributed by atoms with Gasteiger partial charge in [-0.25, -0.2) is 4.98 Å². The van der Waals surface area contributed by atoms with Gasteiger partial charge in [0.2, 0.25) is 5.91 Å². The second-order valence-electron chi connectivity index (χ2n) is 4.00. The van der Waals surface area contributed by atoms with E-state index in [9.17, 15) is 4.79 Å². The van der Waals surface area contributed by atoms with Crippen LogP contribution in [0.4, 0.5) is 5.69 Å². The van der Waals surface area contributed by atoms with E-state index in [1.807, 2.05) is 36.7 Å². The first-order chi connectivity index (χ1) is 8.04. The molecule has 0 spiro atoms. The number of fused-ring (bicyclic) bond motifs is 1. The first kappa shape index (κ1) is 12.0. The topological polar surface area (TPSA) is 38.1 Å². The van der Waals surface area contributed by atoms with Gasteiger partial charge in [-0.3, -0.25) is 4.79 Å². The predicted octanol–water partition coefficient (Wildman–Crippen LogP) is 1.77. The molecule has 0 N–H and O–H groups in total. The first-order valence-corrected chi connectivity index (χ1v) is 5.98. The van der Waals surface area contributed by atoms with Crippen LogP contribution in [0.5, 0.6) is 0 Å².